The maximum Gasteiger partial charge on any atom is 0.407 e. The number of aromatic nitrogens is 3. The van der Waals surface area contributed by atoms with Crippen molar-refractivity contribution in [2.75, 3.05) is 0 Å². The molecule has 19 heavy (non-hydrogen) atoms. The van der Waals surface area contributed by atoms with Gasteiger partial charge in [0.15, 0.2) is 5.82 Å². The molecule has 0 aromatic carbocycles. The van der Waals surface area contributed by atoms with Gasteiger partial charge in [-0.3, -0.25) is 0 Å². The lowest BCUT2D eigenvalue weighted by atomic mass is 10.1. The van der Waals surface area contributed by atoms with Gasteiger partial charge in [-0.15, -0.1) is 10.2 Å². The van der Waals surface area contributed by atoms with Gasteiger partial charge in [0, 0.05) is 6.04 Å². The number of alkyl halides is 6. The van der Waals surface area contributed by atoms with Gasteiger partial charge in [-0.2, -0.15) is 26.3 Å². The number of nitrogens with zero attached hydrogens (tertiary/aromatic N) is 3. The largest absolute Gasteiger partial charge is 0.407 e. The molecular formula is C9H12F6N4. The van der Waals surface area contributed by atoms with Gasteiger partial charge < -0.3 is 10.3 Å². The Labute approximate surface area is 104 Å². The second kappa shape index (κ2) is 4.99. The summed E-state index contributed by atoms with van der Waals surface area (Å²) >= 11 is 0. The first-order chi connectivity index (χ1) is 8.50. The minimum Gasteiger partial charge on any atom is -0.324 e. The summed E-state index contributed by atoms with van der Waals surface area (Å²) in [6.45, 7) is 2.55. The summed E-state index contributed by atoms with van der Waals surface area (Å²) in [4.78, 5) is 0. The molecular weight excluding hydrogens is 278 g/mol. The molecule has 0 atom stereocenters. The number of hydrogen-bond acceptors (Lipinski definition) is 3. The molecule has 0 aliphatic carbocycles. The molecule has 1 heterocycles. The van der Waals surface area contributed by atoms with Gasteiger partial charge in [-0.05, 0) is 13.8 Å². The van der Waals surface area contributed by atoms with Crippen LogP contribution in [0.1, 0.15) is 37.5 Å². The van der Waals surface area contributed by atoms with E-state index in [2.05, 4.69) is 10.2 Å². The maximum absolute atomic E-state index is 12.6. The first-order valence-corrected chi connectivity index (χ1v) is 5.27. The Hall–Kier alpha value is -1.32. The molecule has 4 nitrogen and oxygen atoms in total. The van der Waals surface area contributed by atoms with Crippen molar-refractivity contribution in [1.82, 2.24) is 14.8 Å². The predicted molar refractivity (Wildman–Crippen MR) is 53.1 cm³/mol. The van der Waals surface area contributed by atoms with E-state index < -0.39 is 30.1 Å². The Morgan fingerprint density at radius 1 is 1.05 bits per heavy atom. The van der Waals surface area contributed by atoms with Crippen molar-refractivity contribution in [2.45, 2.75) is 44.7 Å². The third-order valence-electron chi connectivity index (χ3n) is 2.40. The molecule has 0 amide bonds. The van der Waals surface area contributed by atoms with Crippen molar-refractivity contribution in [3.63, 3.8) is 0 Å². The fourth-order valence-electron chi connectivity index (χ4n) is 1.71. The van der Waals surface area contributed by atoms with Crippen LogP contribution in [-0.2, 0) is 6.54 Å². The van der Waals surface area contributed by atoms with Crippen LogP contribution in [0.2, 0.25) is 0 Å². The molecule has 1 aromatic rings. The monoisotopic (exact) mass is 290 g/mol. The van der Waals surface area contributed by atoms with E-state index >= 15 is 0 Å². The summed E-state index contributed by atoms with van der Waals surface area (Å²) in [5, 5.41) is 6.33. The Bertz CT molecular complexity index is 419. The zero-order chi connectivity index (χ0) is 15.0. The van der Waals surface area contributed by atoms with Crippen LogP contribution in [0.4, 0.5) is 26.3 Å². The normalized spacial score (nSPS) is 13.6. The smallest absolute Gasteiger partial charge is 0.324 e. The fourth-order valence-corrected chi connectivity index (χ4v) is 1.71. The number of nitrogens with two attached hydrogens (primary N) is 1. The van der Waals surface area contributed by atoms with E-state index in [1.807, 2.05) is 0 Å². The topological polar surface area (TPSA) is 56.7 Å². The van der Waals surface area contributed by atoms with Crippen LogP contribution in [0.15, 0.2) is 0 Å². The number of halogens is 6. The van der Waals surface area contributed by atoms with Crippen molar-refractivity contribution in [1.29, 1.82) is 0 Å². The standard InChI is InChI=1S/C9H12F6N4/c1-4(2)19-5(3-16)17-18-7(19)6(8(10,11)12)9(13,14)15/h4,6H,3,16H2,1-2H3. The second-order valence-electron chi connectivity index (χ2n) is 4.16. The van der Waals surface area contributed by atoms with E-state index in [0.29, 0.717) is 0 Å². The maximum atomic E-state index is 12.6. The van der Waals surface area contributed by atoms with Gasteiger partial charge in [0.05, 0.1) is 6.54 Å². The summed E-state index contributed by atoms with van der Waals surface area (Å²) in [6, 6.07) is -0.671. The van der Waals surface area contributed by atoms with Crippen molar-refractivity contribution in [3.05, 3.63) is 11.6 Å². The van der Waals surface area contributed by atoms with Crippen LogP contribution >= 0.6 is 0 Å². The van der Waals surface area contributed by atoms with Gasteiger partial charge >= 0.3 is 12.4 Å². The van der Waals surface area contributed by atoms with E-state index in [1.165, 1.54) is 13.8 Å². The molecule has 0 aliphatic rings. The van der Waals surface area contributed by atoms with E-state index in [1.54, 1.807) is 0 Å². The van der Waals surface area contributed by atoms with Crippen molar-refractivity contribution in [2.24, 2.45) is 5.73 Å². The Balaban J connectivity index is 3.44. The van der Waals surface area contributed by atoms with Gasteiger partial charge in [-0.1, -0.05) is 0 Å². The SMILES string of the molecule is CC(C)n1c(CN)nnc1C(C(F)(F)F)C(F)(F)F. The highest BCUT2D eigenvalue weighted by atomic mass is 19.4. The molecule has 0 saturated carbocycles. The fraction of sp³-hybridized carbons (Fsp3) is 0.778. The molecule has 1 rings (SSSR count). The zero-order valence-corrected chi connectivity index (χ0v) is 10.0. The minimum atomic E-state index is -5.50. The average molecular weight is 290 g/mol. The molecule has 0 spiro atoms. The number of hydrogen-bond donors (Lipinski definition) is 1. The Morgan fingerprint density at radius 2 is 1.53 bits per heavy atom. The first kappa shape index (κ1) is 15.7. The summed E-state index contributed by atoms with van der Waals surface area (Å²) in [5.41, 5.74) is 5.23. The Kier molecular flexibility index (Phi) is 4.13. The summed E-state index contributed by atoms with van der Waals surface area (Å²) in [6.07, 6.45) is -11.0. The van der Waals surface area contributed by atoms with E-state index in [4.69, 9.17) is 5.73 Å². The highest BCUT2D eigenvalue weighted by molar-refractivity contribution is 5.09. The van der Waals surface area contributed by atoms with Gasteiger partial charge in [0.2, 0.25) is 5.92 Å². The minimum absolute atomic E-state index is 0.122. The van der Waals surface area contributed by atoms with Crippen LogP contribution in [0, 0.1) is 0 Å². The highest BCUT2D eigenvalue weighted by Crippen LogP contribution is 2.46. The van der Waals surface area contributed by atoms with Crippen LogP contribution < -0.4 is 5.73 Å². The van der Waals surface area contributed by atoms with Crippen LogP contribution in [0.3, 0.4) is 0 Å². The molecule has 0 bridgehead atoms. The lowest BCUT2D eigenvalue weighted by molar-refractivity contribution is -0.256. The van der Waals surface area contributed by atoms with Crippen molar-refractivity contribution >= 4 is 0 Å². The van der Waals surface area contributed by atoms with Crippen molar-refractivity contribution < 1.29 is 26.3 Å². The molecule has 110 valence electrons. The predicted octanol–water partition coefficient (Wildman–Crippen LogP) is 2.53. The van der Waals surface area contributed by atoms with Crippen molar-refractivity contribution in [3.8, 4) is 0 Å². The lowest BCUT2D eigenvalue weighted by Gasteiger charge is -2.24. The average Bonchev–Trinajstić information content (AvgIpc) is 2.56. The van der Waals surface area contributed by atoms with E-state index in [9.17, 15) is 26.3 Å². The Morgan fingerprint density at radius 3 is 1.84 bits per heavy atom. The molecule has 0 saturated heterocycles. The first-order valence-electron chi connectivity index (χ1n) is 5.27. The van der Waals surface area contributed by atoms with Gasteiger partial charge in [-0.25, -0.2) is 0 Å². The molecule has 1 aromatic heterocycles. The highest BCUT2D eigenvalue weighted by Gasteiger charge is 2.60. The molecule has 0 unspecified atom stereocenters. The molecule has 0 fully saturated rings. The second-order valence-corrected chi connectivity index (χ2v) is 4.16. The zero-order valence-electron chi connectivity index (χ0n) is 10.0. The summed E-state index contributed by atoms with van der Waals surface area (Å²) in [7, 11) is 0. The summed E-state index contributed by atoms with van der Waals surface area (Å²) < 4.78 is 76.5. The van der Waals surface area contributed by atoms with Crippen LogP contribution in [-0.4, -0.2) is 27.1 Å². The summed E-state index contributed by atoms with van der Waals surface area (Å²) in [5.74, 6) is -4.98. The molecule has 0 aliphatic heterocycles. The molecule has 10 heteroatoms. The third-order valence-corrected chi connectivity index (χ3v) is 2.40. The lowest BCUT2D eigenvalue weighted by Crippen LogP contribution is -2.36. The number of rotatable bonds is 3. The quantitative estimate of drug-likeness (QED) is 0.870. The van der Waals surface area contributed by atoms with Gasteiger partial charge in [0.25, 0.3) is 0 Å². The molecule has 2 N–H and O–H groups in total. The van der Waals surface area contributed by atoms with E-state index in [0.717, 1.165) is 4.57 Å². The van der Waals surface area contributed by atoms with E-state index in [-0.39, 0.29) is 12.4 Å². The third kappa shape index (κ3) is 3.17. The van der Waals surface area contributed by atoms with Gasteiger partial charge in [0.1, 0.15) is 5.82 Å². The molecule has 0 radical (unpaired) electrons. The van der Waals surface area contributed by atoms with Crippen LogP contribution in [0.5, 0.6) is 0 Å². The van der Waals surface area contributed by atoms with Crippen LogP contribution in [0.25, 0.3) is 0 Å².